The first-order valence-corrected chi connectivity index (χ1v) is 7.18. The molecule has 0 aliphatic carbocycles. The maximum atomic E-state index is 11.9. The first-order valence-electron chi connectivity index (χ1n) is 4.85. The number of rotatable bonds is 4. The smallest absolute Gasteiger partial charge is 0.180 e. The van der Waals surface area contributed by atoms with E-state index >= 15 is 0 Å². The van der Waals surface area contributed by atoms with Gasteiger partial charge in [-0.1, -0.05) is 18.5 Å². The van der Waals surface area contributed by atoms with Gasteiger partial charge in [-0.2, -0.15) is 0 Å². The molecule has 5 heteroatoms. The first kappa shape index (κ1) is 13.2. The van der Waals surface area contributed by atoms with Gasteiger partial charge < -0.3 is 0 Å². The number of benzene rings is 1. The zero-order valence-electron chi connectivity index (χ0n) is 9.10. The molecule has 0 aromatic heterocycles. The maximum absolute atomic E-state index is 11.9. The van der Waals surface area contributed by atoms with Crippen molar-refractivity contribution in [3.8, 4) is 0 Å². The Kier molecular flexibility index (Phi) is 4.10. The molecule has 1 aromatic rings. The normalized spacial score (nSPS) is 13.4. The summed E-state index contributed by atoms with van der Waals surface area (Å²) in [5.41, 5.74) is 0.377. The van der Waals surface area contributed by atoms with Crippen molar-refractivity contribution < 1.29 is 13.2 Å². The van der Waals surface area contributed by atoms with Crippen LogP contribution in [0.5, 0.6) is 0 Å². The Morgan fingerprint density at radius 3 is 2.19 bits per heavy atom. The molecule has 0 aliphatic heterocycles. The van der Waals surface area contributed by atoms with E-state index in [4.69, 9.17) is 11.6 Å². The second kappa shape index (κ2) is 4.97. The number of sulfone groups is 1. The van der Waals surface area contributed by atoms with Crippen LogP contribution in [0.2, 0.25) is 5.02 Å². The van der Waals surface area contributed by atoms with Crippen LogP contribution in [0.3, 0.4) is 0 Å². The molecule has 0 bridgehead atoms. The Morgan fingerprint density at radius 2 is 1.81 bits per heavy atom. The first-order chi connectivity index (χ1) is 7.36. The number of carbonyl (C=O) groups excluding carboxylic acids is 1. The molecule has 0 saturated heterocycles. The van der Waals surface area contributed by atoms with E-state index in [-0.39, 0.29) is 12.2 Å². The van der Waals surface area contributed by atoms with Gasteiger partial charge in [0, 0.05) is 16.8 Å². The Bertz CT molecular complexity index is 476. The second-order valence-corrected chi connectivity index (χ2v) is 6.26. The number of hydrogen-bond acceptors (Lipinski definition) is 3. The van der Waals surface area contributed by atoms with Crippen molar-refractivity contribution in [2.75, 3.05) is 6.26 Å². The lowest BCUT2D eigenvalue weighted by molar-refractivity contribution is 0.0985. The fourth-order valence-electron chi connectivity index (χ4n) is 1.48. The van der Waals surface area contributed by atoms with Crippen molar-refractivity contribution >= 4 is 27.2 Å². The van der Waals surface area contributed by atoms with Gasteiger partial charge in [0.1, 0.15) is 5.25 Å². The van der Waals surface area contributed by atoms with E-state index in [1.165, 1.54) is 0 Å². The largest absolute Gasteiger partial charge is 0.293 e. The van der Waals surface area contributed by atoms with E-state index in [0.29, 0.717) is 10.6 Å². The van der Waals surface area contributed by atoms with Crippen molar-refractivity contribution in [3.05, 3.63) is 34.9 Å². The molecule has 0 aliphatic rings. The van der Waals surface area contributed by atoms with Crippen LogP contribution in [0, 0.1) is 0 Å². The van der Waals surface area contributed by atoms with E-state index in [0.717, 1.165) is 6.26 Å². The minimum absolute atomic E-state index is 0.278. The lowest BCUT2D eigenvalue weighted by atomic mass is 10.1. The summed E-state index contributed by atoms with van der Waals surface area (Å²) < 4.78 is 22.8. The summed E-state index contributed by atoms with van der Waals surface area (Å²) >= 11 is 5.69. The van der Waals surface area contributed by atoms with Gasteiger partial charge in [0.15, 0.2) is 15.6 Å². The molecule has 0 radical (unpaired) electrons. The minimum atomic E-state index is -3.36. The summed E-state index contributed by atoms with van der Waals surface area (Å²) in [6, 6.07) is 6.23. The maximum Gasteiger partial charge on any atom is 0.180 e. The fourth-order valence-corrected chi connectivity index (χ4v) is 2.74. The second-order valence-electron chi connectivity index (χ2n) is 3.60. The van der Waals surface area contributed by atoms with Crippen LogP contribution in [-0.4, -0.2) is 25.7 Å². The third-order valence-corrected chi connectivity index (χ3v) is 4.14. The lowest BCUT2D eigenvalue weighted by Crippen LogP contribution is -2.28. The van der Waals surface area contributed by atoms with E-state index in [9.17, 15) is 13.2 Å². The lowest BCUT2D eigenvalue weighted by Gasteiger charge is -2.11. The molecule has 0 N–H and O–H groups in total. The van der Waals surface area contributed by atoms with Crippen molar-refractivity contribution in [1.82, 2.24) is 0 Å². The Labute approximate surface area is 100 Å². The van der Waals surface area contributed by atoms with Gasteiger partial charge in [-0.3, -0.25) is 4.79 Å². The molecule has 0 saturated carbocycles. The van der Waals surface area contributed by atoms with Crippen LogP contribution in [-0.2, 0) is 9.84 Å². The van der Waals surface area contributed by atoms with Gasteiger partial charge in [-0.05, 0) is 30.7 Å². The van der Waals surface area contributed by atoms with E-state index in [1.54, 1.807) is 31.2 Å². The highest BCUT2D eigenvalue weighted by molar-refractivity contribution is 7.92. The molecule has 0 fully saturated rings. The quantitative estimate of drug-likeness (QED) is 0.781. The van der Waals surface area contributed by atoms with Gasteiger partial charge >= 0.3 is 0 Å². The van der Waals surface area contributed by atoms with Crippen LogP contribution in [0.25, 0.3) is 0 Å². The molecular weight excluding hydrogens is 248 g/mol. The zero-order chi connectivity index (χ0) is 12.3. The molecule has 1 aromatic carbocycles. The third kappa shape index (κ3) is 3.06. The average Bonchev–Trinajstić information content (AvgIpc) is 2.17. The molecule has 1 rings (SSSR count). The average molecular weight is 261 g/mol. The Morgan fingerprint density at radius 1 is 1.31 bits per heavy atom. The number of ketones is 1. The van der Waals surface area contributed by atoms with Gasteiger partial charge in [-0.15, -0.1) is 0 Å². The molecule has 0 unspecified atom stereocenters. The van der Waals surface area contributed by atoms with E-state index in [1.807, 2.05) is 0 Å². The summed E-state index contributed by atoms with van der Waals surface area (Å²) in [4.78, 5) is 11.9. The number of hydrogen-bond donors (Lipinski definition) is 0. The number of Topliss-reactive ketones (excluding diaryl/α,β-unsaturated/α-hetero) is 1. The predicted molar refractivity (Wildman–Crippen MR) is 64.7 cm³/mol. The van der Waals surface area contributed by atoms with Gasteiger partial charge in [0.05, 0.1) is 0 Å². The topological polar surface area (TPSA) is 51.2 Å². The molecule has 0 heterocycles. The summed E-state index contributed by atoms with van der Waals surface area (Å²) in [7, 11) is -3.36. The van der Waals surface area contributed by atoms with Gasteiger partial charge in [0.25, 0.3) is 0 Å². The highest BCUT2D eigenvalue weighted by Crippen LogP contribution is 2.15. The summed E-state index contributed by atoms with van der Waals surface area (Å²) in [6.07, 6.45) is 1.36. The molecule has 88 valence electrons. The highest BCUT2D eigenvalue weighted by Gasteiger charge is 2.27. The summed E-state index contributed by atoms with van der Waals surface area (Å²) in [5, 5.41) is -0.447. The Hall–Kier alpha value is -0.870. The molecule has 0 spiro atoms. The van der Waals surface area contributed by atoms with Crippen LogP contribution in [0.15, 0.2) is 24.3 Å². The van der Waals surface area contributed by atoms with Gasteiger partial charge in [-0.25, -0.2) is 8.42 Å². The monoisotopic (exact) mass is 260 g/mol. The molecule has 16 heavy (non-hydrogen) atoms. The molecular formula is C11H13ClO3S. The van der Waals surface area contributed by atoms with Crippen molar-refractivity contribution in [1.29, 1.82) is 0 Å². The summed E-state index contributed by atoms with van der Waals surface area (Å²) in [5.74, 6) is -0.373. The SMILES string of the molecule is CC[C@@H](C(=O)c1ccc(Cl)cc1)S(C)(=O)=O. The minimum Gasteiger partial charge on any atom is -0.293 e. The van der Waals surface area contributed by atoms with Crippen LogP contribution >= 0.6 is 11.6 Å². The van der Waals surface area contributed by atoms with Crippen LogP contribution < -0.4 is 0 Å². The Balaban J connectivity index is 3.06. The fraction of sp³-hybridized carbons (Fsp3) is 0.364. The number of halogens is 1. The van der Waals surface area contributed by atoms with Crippen LogP contribution in [0.1, 0.15) is 23.7 Å². The molecule has 1 atom stereocenters. The van der Waals surface area contributed by atoms with Crippen molar-refractivity contribution in [2.45, 2.75) is 18.6 Å². The molecule has 0 amide bonds. The third-order valence-electron chi connectivity index (χ3n) is 2.31. The summed E-state index contributed by atoms with van der Waals surface area (Å²) in [6.45, 7) is 1.68. The zero-order valence-corrected chi connectivity index (χ0v) is 10.7. The van der Waals surface area contributed by atoms with E-state index < -0.39 is 15.1 Å². The van der Waals surface area contributed by atoms with E-state index in [2.05, 4.69) is 0 Å². The van der Waals surface area contributed by atoms with Crippen molar-refractivity contribution in [2.24, 2.45) is 0 Å². The van der Waals surface area contributed by atoms with Gasteiger partial charge in [0.2, 0.25) is 0 Å². The predicted octanol–water partition coefficient (Wildman–Crippen LogP) is 2.35. The van der Waals surface area contributed by atoms with Crippen LogP contribution in [0.4, 0.5) is 0 Å². The molecule has 3 nitrogen and oxygen atoms in total. The standard InChI is InChI=1S/C11H13ClO3S/c1-3-10(16(2,14)15)11(13)8-4-6-9(12)7-5-8/h4-7,10H,3H2,1-2H3/t10-/m0/s1. The number of carbonyl (C=O) groups is 1. The van der Waals surface area contributed by atoms with Crippen molar-refractivity contribution in [3.63, 3.8) is 0 Å². The highest BCUT2D eigenvalue weighted by atomic mass is 35.5.